The molecule has 5 heteroatoms. The molecule has 0 aromatic heterocycles. The second-order valence-electron chi connectivity index (χ2n) is 3.39. The summed E-state index contributed by atoms with van der Waals surface area (Å²) in [5.74, 6) is 0. The van der Waals surface area contributed by atoms with Gasteiger partial charge in [0.15, 0.2) is 5.67 Å². The zero-order chi connectivity index (χ0) is 9.90. The van der Waals surface area contributed by atoms with Crippen LogP contribution in [0.25, 0.3) is 0 Å². The Kier molecular flexibility index (Phi) is 3.08. The van der Waals surface area contributed by atoms with Crippen molar-refractivity contribution in [3.05, 3.63) is 0 Å². The van der Waals surface area contributed by atoms with Gasteiger partial charge in [-0.15, -0.1) is 0 Å². The molecular weight excluding hydrogens is 175 g/mol. The zero-order valence-corrected chi connectivity index (χ0v) is 7.72. The number of halogens is 1. The molecule has 1 atom stereocenters. The van der Waals surface area contributed by atoms with Gasteiger partial charge in [0.2, 0.25) is 0 Å². The van der Waals surface area contributed by atoms with Crippen LogP contribution in [0.3, 0.4) is 0 Å². The van der Waals surface area contributed by atoms with E-state index in [-0.39, 0.29) is 12.6 Å². The highest BCUT2D eigenvalue weighted by Gasteiger charge is 2.36. The molecule has 1 heterocycles. The fourth-order valence-corrected chi connectivity index (χ4v) is 1.55. The van der Waals surface area contributed by atoms with Crippen LogP contribution in [0.4, 0.5) is 9.18 Å². The van der Waals surface area contributed by atoms with Crippen LogP contribution >= 0.6 is 0 Å². The molecule has 1 aliphatic heterocycles. The Bertz CT molecular complexity index is 201. The molecule has 0 aliphatic carbocycles. The summed E-state index contributed by atoms with van der Waals surface area (Å²) in [5.41, 5.74) is -1.61. The topological polar surface area (TPSA) is 52.6 Å². The number of nitrogens with zero attached hydrogens (tertiary/aromatic N) is 1. The molecule has 0 radical (unpaired) electrons. The van der Waals surface area contributed by atoms with Crippen molar-refractivity contribution in [1.82, 2.24) is 10.2 Å². The van der Waals surface area contributed by atoms with E-state index in [4.69, 9.17) is 5.11 Å². The third kappa shape index (κ3) is 2.30. The third-order valence-corrected chi connectivity index (χ3v) is 2.31. The fourth-order valence-electron chi connectivity index (χ4n) is 1.55. The number of amides is 2. The first-order chi connectivity index (χ1) is 6.11. The van der Waals surface area contributed by atoms with Gasteiger partial charge in [0, 0.05) is 13.6 Å². The lowest BCUT2D eigenvalue weighted by atomic mass is 9.96. The average molecular weight is 190 g/mol. The van der Waals surface area contributed by atoms with Crippen LogP contribution in [0.5, 0.6) is 0 Å². The molecule has 0 bridgehead atoms. The Balaban J connectivity index is 2.56. The van der Waals surface area contributed by atoms with Crippen molar-refractivity contribution in [1.29, 1.82) is 0 Å². The summed E-state index contributed by atoms with van der Waals surface area (Å²) in [4.78, 5) is 12.5. The number of carbonyl (C=O) groups excluding carboxylic acids is 1. The molecule has 0 spiro atoms. The summed E-state index contributed by atoms with van der Waals surface area (Å²) in [6.45, 7) is 0.0367. The van der Waals surface area contributed by atoms with Gasteiger partial charge in [0.05, 0.1) is 13.2 Å². The summed E-state index contributed by atoms with van der Waals surface area (Å²) in [7, 11) is 1.51. The maximum absolute atomic E-state index is 13.6. The molecule has 76 valence electrons. The van der Waals surface area contributed by atoms with E-state index in [0.717, 1.165) is 0 Å². The molecular formula is C8H15FN2O2. The maximum atomic E-state index is 13.6. The van der Waals surface area contributed by atoms with Crippen LogP contribution in [0.1, 0.15) is 12.8 Å². The number of hydrogen-bond acceptors (Lipinski definition) is 2. The molecule has 2 amide bonds. The number of aliphatic hydroxyl groups is 1. The van der Waals surface area contributed by atoms with Gasteiger partial charge >= 0.3 is 6.03 Å². The Morgan fingerprint density at radius 1 is 1.77 bits per heavy atom. The summed E-state index contributed by atoms with van der Waals surface area (Å²) in [6, 6.07) is -0.282. The lowest BCUT2D eigenvalue weighted by molar-refractivity contribution is 0.0118. The molecule has 0 saturated carbocycles. The monoisotopic (exact) mass is 190 g/mol. The van der Waals surface area contributed by atoms with Gasteiger partial charge in [-0.3, -0.25) is 0 Å². The number of urea groups is 1. The van der Waals surface area contributed by atoms with Crippen molar-refractivity contribution < 1.29 is 14.3 Å². The average Bonchev–Trinajstić information content (AvgIpc) is 2.17. The lowest BCUT2D eigenvalue weighted by Crippen LogP contribution is -2.52. The highest BCUT2D eigenvalue weighted by Crippen LogP contribution is 2.24. The van der Waals surface area contributed by atoms with Crippen molar-refractivity contribution >= 4 is 6.03 Å². The largest absolute Gasteiger partial charge is 0.393 e. The Labute approximate surface area is 76.7 Å². The molecule has 13 heavy (non-hydrogen) atoms. The van der Waals surface area contributed by atoms with E-state index in [1.165, 1.54) is 11.9 Å². The van der Waals surface area contributed by atoms with Gasteiger partial charge in [0.25, 0.3) is 0 Å². The van der Waals surface area contributed by atoms with Crippen molar-refractivity contribution in [3.8, 4) is 0 Å². The first kappa shape index (κ1) is 10.2. The van der Waals surface area contributed by atoms with E-state index < -0.39 is 12.3 Å². The van der Waals surface area contributed by atoms with E-state index in [2.05, 4.69) is 5.32 Å². The number of hydrogen-bond donors (Lipinski definition) is 2. The van der Waals surface area contributed by atoms with Crippen LogP contribution in [0.15, 0.2) is 0 Å². The standard InChI is InChI=1S/C8H15FN2O2/c1-10-7(13)11-4-2-3-8(9,5-11)6-12/h12H,2-6H2,1H3,(H,10,13). The second kappa shape index (κ2) is 3.91. The molecule has 1 saturated heterocycles. The molecule has 4 nitrogen and oxygen atoms in total. The van der Waals surface area contributed by atoms with Gasteiger partial charge in [-0.25, -0.2) is 9.18 Å². The predicted molar refractivity (Wildman–Crippen MR) is 46.2 cm³/mol. The third-order valence-electron chi connectivity index (χ3n) is 2.31. The summed E-state index contributed by atoms with van der Waals surface area (Å²) in [5, 5.41) is 11.2. The summed E-state index contributed by atoms with van der Waals surface area (Å²) >= 11 is 0. The number of alkyl halides is 1. The summed E-state index contributed by atoms with van der Waals surface area (Å²) in [6.07, 6.45) is 0.932. The minimum Gasteiger partial charge on any atom is -0.393 e. The highest BCUT2D eigenvalue weighted by atomic mass is 19.1. The highest BCUT2D eigenvalue weighted by molar-refractivity contribution is 5.74. The van der Waals surface area contributed by atoms with Gasteiger partial charge in [-0.2, -0.15) is 0 Å². The molecule has 1 aliphatic rings. The molecule has 0 aromatic carbocycles. The van der Waals surface area contributed by atoms with Crippen molar-refractivity contribution in [2.24, 2.45) is 0 Å². The molecule has 1 fully saturated rings. The van der Waals surface area contributed by atoms with Crippen LogP contribution < -0.4 is 5.32 Å². The maximum Gasteiger partial charge on any atom is 0.317 e. The Morgan fingerprint density at radius 3 is 3.00 bits per heavy atom. The van der Waals surface area contributed by atoms with E-state index in [9.17, 15) is 9.18 Å². The quantitative estimate of drug-likeness (QED) is 0.617. The predicted octanol–water partition coefficient (Wildman–Crippen LogP) is 0.122. The Morgan fingerprint density at radius 2 is 2.46 bits per heavy atom. The SMILES string of the molecule is CNC(=O)N1CCCC(F)(CO)C1. The Hall–Kier alpha value is -0.840. The summed E-state index contributed by atoms with van der Waals surface area (Å²) < 4.78 is 13.6. The number of nitrogens with one attached hydrogen (secondary N) is 1. The van der Waals surface area contributed by atoms with Crippen molar-refractivity contribution in [2.75, 3.05) is 26.7 Å². The number of aliphatic hydroxyl groups excluding tert-OH is 1. The van der Waals surface area contributed by atoms with E-state index >= 15 is 0 Å². The minimum absolute atomic E-state index is 0.0107. The molecule has 2 N–H and O–H groups in total. The van der Waals surface area contributed by atoms with Crippen LogP contribution in [0.2, 0.25) is 0 Å². The van der Waals surface area contributed by atoms with Gasteiger partial charge < -0.3 is 15.3 Å². The number of piperidine rings is 1. The number of carbonyl (C=O) groups is 1. The minimum atomic E-state index is -1.61. The normalized spacial score (nSPS) is 28.7. The van der Waals surface area contributed by atoms with Crippen molar-refractivity contribution in [2.45, 2.75) is 18.5 Å². The van der Waals surface area contributed by atoms with E-state index in [1.807, 2.05) is 0 Å². The zero-order valence-electron chi connectivity index (χ0n) is 7.72. The second-order valence-corrected chi connectivity index (χ2v) is 3.39. The van der Waals surface area contributed by atoms with E-state index in [1.54, 1.807) is 0 Å². The smallest absolute Gasteiger partial charge is 0.317 e. The first-order valence-corrected chi connectivity index (χ1v) is 4.38. The lowest BCUT2D eigenvalue weighted by Gasteiger charge is -2.35. The van der Waals surface area contributed by atoms with Gasteiger partial charge in [-0.05, 0) is 12.8 Å². The van der Waals surface area contributed by atoms with E-state index in [0.29, 0.717) is 19.4 Å². The molecule has 1 rings (SSSR count). The number of rotatable bonds is 1. The van der Waals surface area contributed by atoms with Crippen molar-refractivity contribution in [3.63, 3.8) is 0 Å². The van der Waals surface area contributed by atoms with Gasteiger partial charge in [0.1, 0.15) is 0 Å². The van der Waals surface area contributed by atoms with Crippen LogP contribution in [-0.4, -0.2) is 48.5 Å². The van der Waals surface area contributed by atoms with Crippen LogP contribution in [-0.2, 0) is 0 Å². The molecule has 0 aromatic rings. The van der Waals surface area contributed by atoms with Gasteiger partial charge in [-0.1, -0.05) is 0 Å². The first-order valence-electron chi connectivity index (χ1n) is 4.38. The fraction of sp³-hybridized carbons (Fsp3) is 0.875. The number of likely N-dealkylation sites (tertiary alicyclic amines) is 1. The molecule has 1 unspecified atom stereocenters. The van der Waals surface area contributed by atoms with Crippen LogP contribution in [0, 0.1) is 0 Å².